The number of nitrogens with two attached hydrogens (primary N) is 1. The minimum atomic E-state index is -0.405. The molecule has 0 fully saturated rings. The van der Waals surface area contributed by atoms with Crippen molar-refractivity contribution in [2.24, 2.45) is 5.73 Å². The van der Waals surface area contributed by atoms with Crippen molar-refractivity contribution in [3.05, 3.63) is 29.3 Å². The predicted molar refractivity (Wildman–Crippen MR) is 46.9 cm³/mol. The van der Waals surface area contributed by atoms with Gasteiger partial charge in [0.1, 0.15) is 5.75 Å². The van der Waals surface area contributed by atoms with E-state index in [-0.39, 0.29) is 12.4 Å². The number of phenolic OH excluding ortho intramolecular Hbond substituents is 1. The number of hydrogen-bond acceptors (Lipinski definition) is 3. The van der Waals surface area contributed by atoms with Gasteiger partial charge in [0.05, 0.1) is 12.6 Å². The van der Waals surface area contributed by atoms with Crippen molar-refractivity contribution in [1.82, 2.24) is 0 Å². The van der Waals surface area contributed by atoms with Crippen LogP contribution in [0.3, 0.4) is 0 Å². The van der Waals surface area contributed by atoms with Crippen LogP contribution >= 0.6 is 0 Å². The summed E-state index contributed by atoms with van der Waals surface area (Å²) >= 11 is 0. The molecular formula is C9H13NO2. The predicted octanol–water partition coefficient (Wildman–Crippen LogP) is 0.693. The van der Waals surface area contributed by atoms with Crippen LogP contribution in [0.5, 0.6) is 5.75 Å². The van der Waals surface area contributed by atoms with Crippen molar-refractivity contribution in [3.8, 4) is 5.75 Å². The summed E-state index contributed by atoms with van der Waals surface area (Å²) in [6, 6.07) is 4.71. The molecule has 0 heterocycles. The molecule has 1 aromatic rings. The Morgan fingerprint density at radius 2 is 2.17 bits per heavy atom. The quantitative estimate of drug-likeness (QED) is 0.607. The van der Waals surface area contributed by atoms with E-state index in [1.807, 2.05) is 0 Å². The van der Waals surface area contributed by atoms with E-state index < -0.39 is 6.04 Å². The highest BCUT2D eigenvalue weighted by molar-refractivity contribution is 5.39. The molecule has 0 bridgehead atoms. The summed E-state index contributed by atoms with van der Waals surface area (Å²) in [5.41, 5.74) is 7.13. The molecule has 0 radical (unpaired) electrons. The molecule has 0 aliphatic heterocycles. The van der Waals surface area contributed by atoms with Crippen LogP contribution in [0.2, 0.25) is 0 Å². The molecule has 1 rings (SSSR count). The lowest BCUT2D eigenvalue weighted by Crippen LogP contribution is -2.15. The number of benzene rings is 1. The van der Waals surface area contributed by atoms with Crippen molar-refractivity contribution < 1.29 is 10.2 Å². The fourth-order valence-electron chi connectivity index (χ4n) is 1.14. The molecule has 3 nitrogen and oxygen atoms in total. The zero-order chi connectivity index (χ0) is 9.14. The van der Waals surface area contributed by atoms with E-state index in [0.29, 0.717) is 0 Å². The second kappa shape index (κ2) is 3.56. The fourth-order valence-corrected chi connectivity index (χ4v) is 1.14. The van der Waals surface area contributed by atoms with Gasteiger partial charge < -0.3 is 15.9 Å². The van der Waals surface area contributed by atoms with Gasteiger partial charge in [0, 0.05) is 0 Å². The maximum atomic E-state index is 9.31. The Hall–Kier alpha value is -1.06. The number of aliphatic hydroxyl groups is 1. The van der Waals surface area contributed by atoms with E-state index in [4.69, 9.17) is 10.8 Å². The lowest BCUT2D eigenvalue weighted by molar-refractivity contribution is 0.267. The van der Waals surface area contributed by atoms with Gasteiger partial charge in [-0.2, -0.15) is 0 Å². The Kier molecular flexibility index (Phi) is 2.68. The van der Waals surface area contributed by atoms with Crippen LogP contribution in [0.4, 0.5) is 0 Å². The van der Waals surface area contributed by atoms with Gasteiger partial charge in [-0.25, -0.2) is 0 Å². The lowest BCUT2D eigenvalue weighted by Gasteiger charge is -2.12. The van der Waals surface area contributed by atoms with Crippen molar-refractivity contribution in [2.75, 3.05) is 6.61 Å². The molecule has 0 aliphatic carbocycles. The Bertz CT molecular complexity index is 273. The third-order valence-corrected chi connectivity index (χ3v) is 1.94. The van der Waals surface area contributed by atoms with Crippen LogP contribution in [-0.4, -0.2) is 16.8 Å². The zero-order valence-electron chi connectivity index (χ0n) is 6.99. The smallest absolute Gasteiger partial charge is 0.118 e. The molecule has 0 unspecified atom stereocenters. The van der Waals surface area contributed by atoms with Gasteiger partial charge in [-0.1, -0.05) is 12.1 Å². The van der Waals surface area contributed by atoms with Crippen LogP contribution in [-0.2, 0) is 0 Å². The first kappa shape index (κ1) is 9.03. The molecular weight excluding hydrogens is 154 g/mol. The Balaban J connectivity index is 3.07. The van der Waals surface area contributed by atoms with E-state index in [0.717, 1.165) is 11.1 Å². The highest BCUT2D eigenvalue weighted by Gasteiger charge is 2.08. The van der Waals surface area contributed by atoms with Crippen molar-refractivity contribution in [1.29, 1.82) is 0 Å². The fraction of sp³-hybridized carbons (Fsp3) is 0.333. The van der Waals surface area contributed by atoms with Gasteiger partial charge in [-0.3, -0.25) is 0 Å². The largest absolute Gasteiger partial charge is 0.508 e. The van der Waals surface area contributed by atoms with Gasteiger partial charge in [-0.15, -0.1) is 0 Å². The molecule has 0 saturated heterocycles. The molecule has 4 N–H and O–H groups in total. The molecule has 1 atom stereocenters. The average Bonchev–Trinajstić information content (AvgIpc) is 2.08. The topological polar surface area (TPSA) is 66.5 Å². The summed E-state index contributed by atoms with van der Waals surface area (Å²) in [5.74, 6) is 0.219. The minimum absolute atomic E-state index is 0.107. The third kappa shape index (κ3) is 1.57. The molecule has 1 aromatic carbocycles. The third-order valence-electron chi connectivity index (χ3n) is 1.94. The first-order valence-electron chi connectivity index (χ1n) is 3.81. The number of phenols is 1. The van der Waals surface area contributed by atoms with Crippen LogP contribution in [0.1, 0.15) is 17.2 Å². The molecule has 0 aliphatic rings. The second-order valence-corrected chi connectivity index (χ2v) is 2.78. The van der Waals surface area contributed by atoms with Crippen molar-refractivity contribution in [3.63, 3.8) is 0 Å². The first-order valence-corrected chi connectivity index (χ1v) is 3.81. The lowest BCUT2D eigenvalue weighted by atomic mass is 10.0. The maximum absolute atomic E-state index is 9.31. The number of rotatable bonds is 2. The van der Waals surface area contributed by atoms with Crippen LogP contribution in [0.25, 0.3) is 0 Å². The molecule has 3 heteroatoms. The Morgan fingerprint density at radius 3 is 2.75 bits per heavy atom. The van der Waals surface area contributed by atoms with Gasteiger partial charge in [0.15, 0.2) is 0 Å². The summed E-state index contributed by atoms with van der Waals surface area (Å²) in [7, 11) is 0. The molecule has 0 amide bonds. The molecule has 0 aromatic heterocycles. The maximum Gasteiger partial charge on any atom is 0.118 e. The van der Waals surface area contributed by atoms with E-state index >= 15 is 0 Å². The number of aromatic hydroxyl groups is 1. The molecule has 12 heavy (non-hydrogen) atoms. The molecule has 66 valence electrons. The van der Waals surface area contributed by atoms with E-state index in [1.165, 1.54) is 0 Å². The monoisotopic (exact) mass is 167 g/mol. The normalized spacial score (nSPS) is 12.9. The summed E-state index contributed by atoms with van der Waals surface area (Å²) in [4.78, 5) is 0. The minimum Gasteiger partial charge on any atom is -0.508 e. The van der Waals surface area contributed by atoms with Gasteiger partial charge in [0.25, 0.3) is 0 Å². The standard InChI is InChI=1S/C9H13NO2/c1-6-7(8(10)5-11)3-2-4-9(6)12/h2-4,8,11-12H,5,10H2,1H3/t8-/m0/s1. The van der Waals surface area contributed by atoms with Crippen LogP contribution in [0.15, 0.2) is 18.2 Å². The molecule has 0 spiro atoms. The summed E-state index contributed by atoms with van der Waals surface area (Å²) in [5, 5.41) is 18.1. The van der Waals surface area contributed by atoms with E-state index in [1.54, 1.807) is 25.1 Å². The Morgan fingerprint density at radius 1 is 1.50 bits per heavy atom. The van der Waals surface area contributed by atoms with E-state index in [9.17, 15) is 5.11 Å². The average molecular weight is 167 g/mol. The second-order valence-electron chi connectivity index (χ2n) is 2.78. The van der Waals surface area contributed by atoms with Crippen molar-refractivity contribution >= 4 is 0 Å². The van der Waals surface area contributed by atoms with Crippen LogP contribution in [0, 0.1) is 6.92 Å². The SMILES string of the molecule is Cc1c(O)cccc1[C@@H](N)CO. The highest BCUT2D eigenvalue weighted by atomic mass is 16.3. The zero-order valence-corrected chi connectivity index (χ0v) is 6.99. The van der Waals surface area contributed by atoms with Gasteiger partial charge in [0.2, 0.25) is 0 Å². The molecule has 0 saturated carbocycles. The summed E-state index contributed by atoms with van der Waals surface area (Å²) < 4.78 is 0. The van der Waals surface area contributed by atoms with Gasteiger partial charge >= 0.3 is 0 Å². The number of aliphatic hydroxyl groups excluding tert-OH is 1. The van der Waals surface area contributed by atoms with Gasteiger partial charge in [-0.05, 0) is 24.1 Å². The van der Waals surface area contributed by atoms with E-state index in [2.05, 4.69) is 0 Å². The summed E-state index contributed by atoms with van der Waals surface area (Å²) in [6.07, 6.45) is 0. The number of hydrogen-bond donors (Lipinski definition) is 3. The van der Waals surface area contributed by atoms with Crippen LogP contribution < -0.4 is 5.73 Å². The first-order chi connectivity index (χ1) is 5.66. The highest BCUT2D eigenvalue weighted by Crippen LogP contribution is 2.23. The Labute approximate surface area is 71.5 Å². The van der Waals surface area contributed by atoms with Crippen molar-refractivity contribution in [2.45, 2.75) is 13.0 Å². The summed E-state index contributed by atoms with van der Waals surface area (Å²) in [6.45, 7) is 1.67.